The SMILES string of the molecule is CCCN(CC(=O)O)C(=O)C1CCCC(CNC(=O)OCC2c3ccccc3-c3ccccc32)C1. The average Bonchev–Trinajstić information content (AvgIpc) is 3.19. The summed E-state index contributed by atoms with van der Waals surface area (Å²) in [6, 6.07) is 16.5. The normalized spacial score (nSPS) is 18.9. The van der Waals surface area contributed by atoms with Crippen LogP contribution in [0, 0.1) is 11.8 Å². The number of carboxylic acid groups (broad SMARTS) is 1. The van der Waals surface area contributed by atoms with Crippen molar-refractivity contribution in [1.29, 1.82) is 0 Å². The van der Waals surface area contributed by atoms with Crippen molar-refractivity contribution in [2.24, 2.45) is 11.8 Å². The van der Waals surface area contributed by atoms with Gasteiger partial charge in [-0.1, -0.05) is 61.9 Å². The first-order chi connectivity index (χ1) is 17.0. The van der Waals surface area contributed by atoms with Crippen molar-refractivity contribution in [3.8, 4) is 11.1 Å². The number of hydrogen-bond donors (Lipinski definition) is 2. The highest BCUT2D eigenvalue weighted by molar-refractivity contribution is 5.83. The van der Waals surface area contributed by atoms with E-state index in [4.69, 9.17) is 9.84 Å². The second-order valence-corrected chi connectivity index (χ2v) is 9.59. The number of aliphatic carboxylic acids is 1. The topological polar surface area (TPSA) is 95.9 Å². The van der Waals surface area contributed by atoms with E-state index >= 15 is 0 Å². The van der Waals surface area contributed by atoms with Crippen LogP contribution in [0.3, 0.4) is 0 Å². The van der Waals surface area contributed by atoms with Crippen LogP contribution >= 0.6 is 0 Å². The molecule has 2 aromatic rings. The van der Waals surface area contributed by atoms with Gasteiger partial charge >= 0.3 is 12.1 Å². The molecule has 2 amide bonds. The number of hydrogen-bond acceptors (Lipinski definition) is 4. The van der Waals surface area contributed by atoms with Crippen LogP contribution < -0.4 is 5.32 Å². The first-order valence-electron chi connectivity index (χ1n) is 12.6. The second kappa shape index (κ2) is 11.4. The van der Waals surface area contributed by atoms with Gasteiger partial charge in [0.25, 0.3) is 0 Å². The molecule has 2 unspecified atom stereocenters. The van der Waals surface area contributed by atoms with Crippen LogP contribution in [-0.2, 0) is 14.3 Å². The van der Waals surface area contributed by atoms with E-state index in [2.05, 4.69) is 29.6 Å². The van der Waals surface area contributed by atoms with E-state index in [-0.39, 0.29) is 36.8 Å². The summed E-state index contributed by atoms with van der Waals surface area (Å²) in [5.74, 6) is -1.07. The molecule has 0 spiro atoms. The largest absolute Gasteiger partial charge is 0.480 e. The summed E-state index contributed by atoms with van der Waals surface area (Å²) in [6.45, 7) is 2.85. The van der Waals surface area contributed by atoms with E-state index in [1.54, 1.807) is 0 Å². The summed E-state index contributed by atoms with van der Waals surface area (Å²) < 4.78 is 5.63. The average molecular weight is 479 g/mol. The molecule has 35 heavy (non-hydrogen) atoms. The highest BCUT2D eigenvalue weighted by Gasteiger charge is 2.32. The highest BCUT2D eigenvalue weighted by atomic mass is 16.5. The summed E-state index contributed by atoms with van der Waals surface area (Å²) in [7, 11) is 0. The number of fused-ring (bicyclic) bond motifs is 3. The molecule has 186 valence electrons. The molecule has 4 rings (SSSR count). The lowest BCUT2D eigenvalue weighted by atomic mass is 9.80. The molecule has 0 radical (unpaired) electrons. The third-order valence-electron chi connectivity index (χ3n) is 7.14. The minimum Gasteiger partial charge on any atom is -0.480 e. The van der Waals surface area contributed by atoms with Gasteiger partial charge in [-0.15, -0.1) is 0 Å². The van der Waals surface area contributed by atoms with Crippen molar-refractivity contribution in [3.05, 3.63) is 59.7 Å². The van der Waals surface area contributed by atoms with Crippen LogP contribution in [0.1, 0.15) is 56.1 Å². The molecule has 0 aromatic heterocycles. The van der Waals surface area contributed by atoms with Gasteiger partial charge < -0.3 is 20.1 Å². The molecular formula is C28H34N2O5. The Bertz CT molecular complexity index is 1020. The van der Waals surface area contributed by atoms with Crippen molar-refractivity contribution in [2.45, 2.75) is 44.9 Å². The Morgan fingerprint density at radius 3 is 2.31 bits per heavy atom. The summed E-state index contributed by atoms with van der Waals surface area (Å²) in [4.78, 5) is 38.0. The van der Waals surface area contributed by atoms with Crippen molar-refractivity contribution in [2.75, 3.05) is 26.2 Å². The predicted octanol–water partition coefficient (Wildman–Crippen LogP) is 4.65. The molecule has 2 atom stereocenters. The molecule has 1 fully saturated rings. The lowest BCUT2D eigenvalue weighted by Crippen LogP contribution is -2.42. The van der Waals surface area contributed by atoms with Crippen molar-refractivity contribution >= 4 is 18.0 Å². The van der Waals surface area contributed by atoms with E-state index < -0.39 is 12.1 Å². The highest BCUT2D eigenvalue weighted by Crippen LogP contribution is 2.44. The number of amides is 2. The number of carbonyl (C=O) groups excluding carboxylic acids is 2. The molecule has 2 aliphatic rings. The minimum absolute atomic E-state index is 0.0172. The van der Waals surface area contributed by atoms with E-state index in [9.17, 15) is 14.4 Å². The quantitative estimate of drug-likeness (QED) is 0.547. The molecule has 2 aliphatic carbocycles. The Labute approximate surface area is 206 Å². The Kier molecular flexibility index (Phi) is 8.06. The van der Waals surface area contributed by atoms with Gasteiger partial charge in [0.1, 0.15) is 13.2 Å². The Hall–Kier alpha value is -3.35. The second-order valence-electron chi connectivity index (χ2n) is 9.59. The van der Waals surface area contributed by atoms with Crippen LogP contribution in [0.2, 0.25) is 0 Å². The van der Waals surface area contributed by atoms with Gasteiger partial charge in [0.05, 0.1) is 0 Å². The monoisotopic (exact) mass is 478 g/mol. The zero-order chi connectivity index (χ0) is 24.8. The van der Waals surface area contributed by atoms with Crippen LogP contribution in [0.5, 0.6) is 0 Å². The number of carboxylic acids is 1. The van der Waals surface area contributed by atoms with Gasteiger partial charge in [0.15, 0.2) is 0 Å². The third kappa shape index (κ3) is 5.84. The summed E-state index contributed by atoms with van der Waals surface area (Å²) >= 11 is 0. The van der Waals surface area contributed by atoms with E-state index in [1.807, 2.05) is 31.2 Å². The Morgan fingerprint density at radius 2 is 1.69 bits per heavy atom. The predicted molar refractivity (Wildman–Crippen MR) is 133 cm³/mol. The Balaban J connectivity index is 1.28. The standard InChI is InChI=1S/C28H34N2O5/c1-2-14-30(17-26(31)32)27(33)20-9-7-8-19(15-20)16-29-28(34)35-18-25-23-12-5-3-10-21(23)22-11-4-6-13-24(22)25/h3-6,10-13,19-20,25H,2,7-9,14-18H2,1H3,(H,29,34)(H,31,32). The number of ether oxygens (including phenoxy) is 1. The minimum atomic E-state index is -0.990. The summed E-state index contributed by atoms with van der Waals surface area (Å²) in [6.07, 6.45) is 3.51. The van der Waals surface area contributed by atoms with Gasteiger partial charge in [-0.25, -0.2) is 4.79 Å². The van der Waals surface area contributed by atoms with Gasteiger partial charge in [0, 0.05) is 24.9 Å². The number of alkyl carbamates (subject to hydrolysis) is 1. The lowest BCUT2D eigenvalue weighted by Gasteiger charge is -2.32. The number of carbonyl (C=O) groups is 3. The fourth-order valence-electron chi connectivity index (χ4n) is 5.54. The maximum atomic E-state index is 12.9. The number of nitrogens with zero attached hydrogens (tertiary/aromatic N) is 1. The zero-order valence-electron chi connectivity index (χ0n) is 20.2. The molecule has 2 N–H and O–H groups in total. The van der Waals surface area contributed by atoms with Crippen LogP contribution in [0.4, 0.5) is 4.79 Å². The van der Waals surface area contributed by atoms with Crippen LogP contribution in [0.15, 0.2) is 48.5 Å². The molecule has 0 saturated heterocycles. The van der Waals surface area contributed by atoms with Crippen LogP contribution in [-0.4, -0.2) is 54.2 Å². The van der Waals surface area contributed by atoms with Crippen LogP contribution in [0.25, 0.3) is 11.1 Å². The van der Waals surface area contributed by atoms with Gasteiger partial charge in [0.2, 0.25) is 5.91 Å². The van der Waals surface area contributed by atoms with E-state index in [0.29, 0.717) is 19.5 Å². The first-order valence-corrected chi connectivity index (χ1v) is 12.6. The van der Waals surface area contributed by atoms with E-state index in [0.717, 1.165) is 25.7 Å². The third-order valence-corrected chi connectivity index (χ3v) is 7.14. The molecular weight excluding hydrogens is 444 g/mol. The fourth-order valence-corrected chi connectivity index (χ4v) is 5.54. The van der Waals surface area contributed by atoms with Crippen molar-refractivity contribution in [1.82, 2.24) is 10.2 Å². The molecule has 0 heterocycles. The molecule has 1 saturated carbocycles. The number of nitrogens with one attached hydrogen (secondary N) is 1. The summed E-state index contributed by atoms with van der Waals surface area (Å²) in [5, 5.41) is 12.0. The first kappa shape index (κ1) is 24.8. The molecule has 2 aromatic carbocycles. The maximum absolute atomic E-state index is 12.9. The smallest absolute Gasteiger partial charge is 0.407 e. The van der Waals surface area contributed by atoms with Crippen molar-refractivity contribution < 1.29 is 24.2 Å². The number of benzene rings is 2. The molecule has 0 bridgehead atoms. The lowest BCUT2D eigenvalue weighted by molar-refractivity contribution is -0.147. The van der Waals surface area contributed by atoms with Crippen molar-refractivity contribution in [3.63, 3.8) is 0 Å². The Morgan fingerprint density at radius 1 is 1.03 bits per heavy atom. The van der Waals surface area contributed by atoms with E-state index in [1.165, 1.54) is 27.2 Å². The molecule has 0 aliphatic heterocycles. The van der Waals surface area contributed by atoms with Gasteiger partial charge in [-0.3, -0.25) is 9.59 Å². The summed E-state index contributed by atoms with van der Waals surface area (Å²) in [5.41, 5.74) is 4.73. The van der Waals surface area contributed by atoms with Gasteiger partial charge in [-0.05, 0) is 53.9 Å². The maximum Gasteiger partial charge on any atom is 0.407 e. The number of rotatable bonds is 9. The molecule has 7 nitrogen and oxygen atoms in total. The fraction of sp³-hybridized carbons (Fsp3) is 0.464. The zero-order valence-corrected chi connectivity index (χ0v) is 20.2. The van der Waals surface area contributed by atoms with Gasteiger partial charge in [-0.2, -0.15) is 0 Å². The molecule has 7 heteroatoms.